The fraction of sp³-hybridized carbons (Fsp3) is 0.800. The van der Waals surface area contributed by atoms with Gasteiger partial charge in [0.25, 0.3) is 0 Å². The molecule has 0 amide bonds. The van der Waals surface area contributed by atoms with E-state index in [9.17, 15) is 9.90 Å². The van der Waals surface area contributed by atoms with Gasteiger partial charge in [0.15, 0.2) is 0 Å². The molecule has 0 aromatic rings. The molecule has 0 fully saturated rings. The van der Waals surface area contributed by atoms with E-state index in [0.717, 1.165) is 0 Å². The number of rotatable bonds is 4. The number of aliphatic carboxylic acids is 1. The average molecular weight is 240 g/mol. The van der Waals surface area contributed by atoms with Gasteiger partial charge in [0.05, 0.1) is 5.41 Å². The number of carboxylic acid groups (broad SMARTS) is 1. The first-order chi connectivity index (χ1) is 7.46. The Balaban J connectivity index is 5.63. The van der Waals surface area contributed by atoms with Gasteiger partial charge in [0.2, 0.25) is 0 Å². The van der Waals surface area contributed by atoms with Crippen molar-refractivity contribution >= 4 is 5.97 Å². The topological polar surface area (TPSA) is 37.3 Å². The molecule has 1 atom stereocenters. The normalized spacial score (nSPS) is 16.2. The highest BCUT2D eigenvalue weighted by Crippen LogP contribution is 2.45. The zero-order chi connectivity index (χ0) is 14.0. The van der Waals surface area contributed by atoms with Crippen molar-refractivity contribution in [2.75, 3.05) is 0 Å². The molecule has 0 aliphatic heterocycles. The van der Waals surface area contributed by atoms with E-state index in [1.54, 1.807) is 0 Å². The molecule has 0 rings (SSSR count). The molecule has 0 saturated carbocycles. The molecule has 0 aromatic carbocycles. The molecular formula is C15H28O2. The van der Waals surface area contributed by atoms with Crippen LogP contribution in [0.25, 0.3) is 0 Å². The second-order valence-corrected chi connectivity index (χ2v) is 6.74. The van der Waals surface area contributed by atoms with Crippen molar-refractivity contribution < 1.29 is 9.90 Å². The van der Waals surface area contributed by atoms with Crippen LogP contribution in [0.5, 0.6) is 0 Å². The second-order valence-electron chi connectivity index (χ2n) is 6.74. The molecule has 0 bridgehead atoms. The highest BCUT2D eigenvalue weighted by molar-refractivity contribution is 5.74. The number of hydrogen-bond donors (Lipinski definition) is 1. The molecule has 0 aliphatic carbocycles. The Morgan fingerprint density at radius 1 is 1.12 bits per heavy atom. The Bertz CT molecular complexity index is 303. The van der Waals surface area contributed by atoms with Crippen LogP contribution in [0.4, 0.5) is 0 Å². The van der Waals surface area contributed by atoms with Crippen molar-refractivity contribution in [2.45, 2.75) is 55.4 Å². The lowest BCUT2D eigenvalue weighted by atomic mass is 9.63. The molecule has 0 spiro atoms. The second kappa shape index (κ2) is 5.24. The van der Waals surface area contributed by atoms with Crippen molar-refractivity contribution in [3.8, 4) is 0 Å². The summed E-state index contributed by atoms with van der Waals surface area (Å²) in [5.74, 6) is -0.351. The van der Waals surface area contributed by atoms with Crippen LogP contribution in [-0.2, 0) is 4.79 Å². The molecular weight excluding hydrogens is 212 g/mol. The van der Waals surface area contributed by atoms with E-state index < -0.39 is 11.4 Å². The maximum atomic E-state index is 11.5. The first-order valence-electron chi connectivity index (χ1n) is 6.36. The summed E-state index contributed by atoms with van der Waals surface area (Å²) in [6.45, 7) is 16.3. The molecule has 0 radical (unpaired) electrons. The Morgan fingerprint density at radius 3 is 1.71 bits per heavy atom. The Hall–Kier alpha value is -0.790. The standard InChI is InChI=1S/C15H28O2/c1-9-11(14(4,5)6)12(10(2)3)15(7,8)13(16)17/h9-10,12H,1-8H3,(H,16,17)/b11-9+. The summed E-state index contributed by atoms with van der Waals surface area (Å²) in [5, 5.41) is 9.44. The minimum atomic E-state index is -0.733. The van der Waals surface area contributed by atoms with Gasteiger partial charge in [-0.3, -0.25) is 4.79 Å². The van der Waals surface area contributed by atoms with Gasteiger partial charge in [0, 0.05) is 0 Å². The average Bonchev–Trinajstić information content (AvgIpc) is 2.10. The molecule has 1 unspecified atom stereocenters. The zero-order valence-corrected chi connectivity index (χ0v) is 12.6. The van der Waals surface area contributed by atoms with Gasteiger partial charge in [-0.2, -0.15) is 0 Å². The largest absolute Gasteiger partial charge is 0.481 e. The fourth-order valence-electron chi connectivity index (χ4n) is 2.79. The number of allylic oxidation sites excluding steroid dienone is 2. The van der Waals surface area contributed by atoms with Crippen LogP contribution in [0.3, 0.4) is 0 Å². The summed E-state index contributed by atoms with van der Waals surface area (Å²) in [6.07, 6.45) is 2.09. The molecule has 0 aromatic heterocycles. The van der Waals surface area contributed by atoms with Crippen molar-refractivity contribution in [2.24, 2.45) is 22.7 Å². The van der Waals surface area contributed by atoms with Gasteiger partial charge < -0.3 is 5.11 Å². The Morgan fingerprint density at radius 2 is 1.53 bits per heavy atom. The van der Waals surface area contributed by atoms with Crippen LogP contribution in [0.2, 0.25) is 0 Å². The van der Waals surface area contributed by atoms with Crippen LogP contribution in [0.15, 0.2) is 11.6 Å². The maximum absolute atomic E-state index is 11.5. The van der Waals surface area contributed by atoms with E-state index in [1.807, 2.05) is 20.8 Å². The highest BCUT2D eigenvalue weighted by atomic mass is 16.4. The quantitative estimate of drug-likeness (QED) is 0.741. The summed E-state index contributed by atoms with van der Waals surface area (Å²) >= 11 is 0. The predicted octanol–water partition coefficient (Wildman–Crippen LogP) is 4.36. The van der Waals surface area contributed by atoms with E-state index in [1.165, 1.54) is 5.57 Å². The summed E-state index contributed by atoms with van der Waals surface area (Å²) < 4.78 is 0. The number of carbonyl (C=O) groups is 1. The lowest BCUT2D eigenvalue weighted by molar-refractivity contribution is -0.150. The third-order valence-electron chi connectivity index (χ3n) is 3.51. The van der Waals surface area contributed by atoms with Gasteiger partial charge in [-0.1, -0.05) is 46.3 Å². The van der Waals surface area contributed by atoms with Gasteiger partial charge in [0.1, 0.15) is 0 Å². The van der Waals surface area contributed by atoms with Gasteiger partial charge >= 0.3 is 5.97 Å². The number of carboxylic acids is 1. The smallest absolute Gasteiger partial charge is 0.309 e. The van der Waals surface area contributed by atoms with E-state index in [0.29, 0.717) is 5.92 Å². The van der Waals surface area contributed by atoms with Crippen molar-refractivity contribution in [3.63, 3.8) is 0 Å². The van der Waals surface area contributed by atoms with Crippen molar-refractivity contribution in [3.05, 3.63) is 11.6 Å². The molecule has 1 N–H and O–H groups in total. The van der Waals surface area contributed by atoms with E-state index in [4.69, 9.17) is 0 Å². The molecule has 2 nitrogen and oxygen atoms in total. The van der Waals surface area contributed by atoms with Crippen molar-refractivity contribution in [1.29, 1.82) is 0 Å². The third-order valence-corrected chi connectivity index (χ3v) is 3.51. The minimum Gasteiger partial charge on any atom is -0.481 e. The molecule has 100 valence electrons. The molecule has 0 aliphatic rings. The van der Waals surface area contributed by atoms with Crippen LogP contribution < -0.4 is 0 Å². The Kier molecular flexibility index (Phi) is 5.00. The highest BCUT2D eigenvalue weighted by Gasteiger charge is 2.43. The fourth-order valence-corrected chi connectivity index (χ4v) is 2.79. The predicted molar refractivity (Wildman–Crippen MR) is 73.0 cm³/mol. The van der Waals surface area contributed by atoms with Gasteiger partial charge in [-0.25, -0.2) is 0 Å². The summed E-state index contributed by atoms with van der Waals surface area (Å²) in [7, 11) is 0. The van der Waals surface area contributed by atoms with Crippen LogP contribution >= 0.6 is 0 Å². The molecule has 2 heteroatoms. The maximum Gasteiger partial charge on any atom is 0.309 e. The summed E-state index contributed by atoms with van der Waals surface area (Å²) in [4.78, 5) is 11.5. The van der Waals surface area contributed by atoms with Crippen molar-refractivity contribution in [1.82, 2.24) is 0 Å². The summed E-state index contributed by atoms with van der Waals surface area (Å²) in [6, 6.07) is 0. The van der Waals surface area contributed by atoms with E-state index >= 15 is 0 Å². The van der Waals surface area contributed by atoms with E-state index in [2.05, 4.69) is 40.7 Å². The van der Waals surface area contributed by atoms with E-state index in [-0.39, 0.29) is 11.3 Å². The zero-order valence-electron chi connectivity index (χ0n) is 12.6. The van der Waals surface area contributed by atoms with Crippen LogP contribution in [-0.4, -0.2) is 11.1 Å². The lowest BCUT2D eigenvalue weighted by Gasteiger charge is -2.40. The third kappa shape index (κ3) is 3.58. The first kappa shape index (κ1) is 16.2. The van der Waals surface area contributed by atoms with Gasteiger partial charge in [-0.05, 0) is 38.0 Å². The van der Waals surface area contributed by atoms with Crippen LogP contribution in [0.1, 0.15) is 55.4 Å². The molecule has 0 saturated heterocycles. The number of hydrogen-bond acceptors (Lipinski definition) is 1. The van der Waals surface area contributed by atoms with Crippen LogP contribution in [0, 0.1) is 22.7 Å². The minimum absolute atomic E-state index is 0.0103. The first-order valence-corrected chi connectivity index (χ1v) is 6.36. The molecule has 17 heavy (non-hydrogen) atoms. The summed E-state index contributed by atoms with van der Waals surface area (Å²) in [5.41, 5.74) is 0.513. The monoisotopic (exact) mass is 240 g/mol. The SMILES string of the molecule is C/C=C(\C(C(C)C)C(C)(C)C(=O)O)C(C)(C)C. The van der Waals surface area contributed by atoms with Gasteiger partial charge in [-0.15, -0.1) is 0 Å². The lowest BCUT2D eigenvalue weighted by Crippen LogP contribution is -2.39. The molecule has 0 heterocycles. The Labute approximate surface area is 106 Å².